The summed E-state index contributed by atoms with van der Waals surface area (Å²) in [7, 11) is 1.79. The first-order valence-corrected chi connectivity index (χ1v) is 10.2. The van der Waals surface area contributed by atoms with Crippen molar-refractivity contribution in [3.63, 3.8) is 0 Å². The van der Waals surface area contributed by atoms with Crippen LogP contribution in [0.15, 0.2) is 76.3 Å². The Morgan fingerprint density at radius 1 is 0.969 bits per heavy atom. The highest BCUT2D eigenvalue weighted by Crippen LogP contribution is 2.29. The van der Waals surface area contributed by atoms with Gasteiger partial charge in [0, 0.05) is 47.8 Å². The van der Waals surface area contributed by atoms with Crippen LogP contribution in [0.5, 0.6) is 0 Å². The summed E-state index contributed by atoms with van der Waals surface area (Å²) in [4.78, 5) is 21.8. The Hall–Kier alpha value is -4.26. The van der Waals surface area contributed by atoms with Crippen LogP contribution in [0.25, 0.3) is 33.5 Å². The van der Waals surface area contributed by atoms with Crippen molar-refractivity contribution in [2.45, 2.75) is 13.8 Å². The molecule has 0 unspecified atom stereocenters. The van der Waals surface area contributed by atoms with Crippen LogP contribution in [-0.2, 0) is 7.05 Å². The lowest BCUT2D eigenvalue weighted by atomic mass is 9.99. The van der Waals surface area contributed by atoms with Crippen molar-refractivity contribution in [2.75, 3.05) is 5.32 Å². The number of fused-ring (bicyclic) bond motifs is 1. The van der Waals surface area contributed by atoms with E-state index in [2.05, 4.69) is 20.4 Å². The van der Waals surface area contributed by atoms with E-state index in [1.54, 1.807) is 30.1 Å². The minimum atomic E-state index is -0.0535. The number of nitrogens with zero attached hydrogens (tertiary/aromatic N) is 4. The maximum absolute atomic E-state index is 13.2. The summed E-state index contributed by atoms with van der Waals surface area (Å²) in [5.74, 6) is 1.14. The molecule has 4 heterocycles. The minimum Gasteiger partial charge on any atom is -0.352 e. The fourth-order valence-corrected chi connectivity index (χ4v) is 3.76. The predicted molar refractivity (Wildman–Crippen MR) is 125 cm³/mol. The molecule has 7 nitrogen and oxygen atoms in total. The lowest BCUT2D eigenvalue weighted by molar-refractivity contribution is 0.434. The van der Waals surface area contributed by atoms with Crippen LogP contribution in [0.3, 0.4) is 0 Å². The van der Waals surface area contributed by atoms with Crippen LogP contribution in [0.1, 0.15) is 11.3 Å². The summed E-state index contributed by atoms with van der Waals surface area (Å²) >= 11 is 0. The van der Waals surface area contributed by atoms with Crippen molar-refractivity contribution in [3.8, 4) is 22.6 Å². The van der Waals surface area contributed by atoms with Crippen molar-refractivity contribution in [2.24, 2.45) is 7.05 Å². The maximum atomic E-state index is 13.2. The van der Waals surface area contributed by atoms with Gasteiger partial charge in [0.15, 0.2) is 11.6 Å². The first-order chi connectivity index (χ1) is 15.5. The second-order valence-electron chi connectivity index (χ2n) is 7.75. The number of aromatic nitrogens is 4. The van der Waals surface area contributed by atoms with Crippen LogP contribution < -0.4 is 10.9 Å². The minimum absolute atomic E-state index is 0.0535. The molecule has 1 N–H and O–H groups in total. The van der Waals surface area contributed by atoms with E-state index in [1.165, 1.54) is 0 Å². The molecule has 0 spiro atoms. The molecule has 4 aromatic heterocycles. The van der Waals surface area contributed by atoms with Crippen molar-refractivity contribution in [3.05, 3.63) is 88.6 Å². The second kappa shape index (κ2) is 7.77. The molecule has 7 heteroatoms. The Morgan fingerprint density at radius 3 is 2.66 bits per heavy atom. The van der Waals surface area contributed by atoms with Gasteiger partial charge in [-0.25, -0.2) is 0 Å². The first-order valence-electron chi connectivity index (χ1n) is 10.2. The monoisotopic (exact) mass is 423 g/mol. The van der Waals surface area contributed by atoms with Gasteiger partial charge in [0.2, 0.25) is 0 Å². The average Bonchev–Trinajstić information content (AvgIpc) is 3.27. The van der Waals surface area contributed by atoms with E-state index in [4.69, 9.17) is 4.52 Å². The lowest BCUT2D eigenvalue weighted by Gasteiger charge is -2.13. The predicted octanol–water partition coefficient (Wildman–Crippen LogP) is 5.01. The second-order valence-corrected chi connectivity index (χ2v) is 7.75. The van der Waals surface area contributed by atoms with Crippen LogP contribution in [0, 0.1) is 13.8 Å². The summed E-state index contributed by atoms with van der Waals surface area (Å²) in [6.45, 7) is 3.91. The van der Waals surface area contributed by atoms with Gasteiger partial charge in [0.1, 0.15) is 5.69 Å². The molecule has 32 heavy (non-hydrogen) atoms. The number of aryl methyl sites for hydroxylation is 3. The quantitative estimate of drug-likeness (QED) is 0.437. The molecule has 0 bridgehead atoms. The highest BCUT2D eigenvalue weighted by molar-refractivity contribution is 5.85. The van der Waals surface area contributed by atoms with E-state index >= 15 is 0 Å². The molecule has 0 aliphatic rings. The zero-order chi connectivity index (χ0) is 22.2. The SMILES string of the molecule is Cc1cc2c(cn1)cc(-c1cc(Nc3cc(-c4ccccn4)on3)ccc1C)c(=O)n2C. The number of anilines is 2. The van der Waals surface area contributed by atoms with Crippen LogP contribution >= 0.6 is 0 Å². The number of pyridine rings is 3. The van der Waals surface area contributed by atoms with E-state index in [9.17, 15) is 4.79 Å². The zero-order valence-corrected chi connectivity index (χ0v) is 18.0. The third-order valence-electron chi connectivity index (χ3n) is 5.47. The lowest BCUT2D eigenvalue weighted by Crippen LogP contribution is -2.19. The van der Waals surface area contributed by atoms with E-state index in [-0.39, 0.29) is 5.56 Å². The topological polar surface area (TPSA) is 85.8 Å². The van der Waals surface area contributed by atoms with Crippen molar-refractivity contribution < 1.29 is 4.52 Å². The zero-order valence-electron chi connectivity index (χ0n) is 18.0. The molecule has 0 saturated heterocycles. The number of hydrogen-bond donors (Lipinski definition) is 1. The van der Waals surface area contributed by atoms with Crippen molar-refractivity contribution in [1.29, 1.82) is 0 Å². The highest BCUT2D eigenvalue weighted by Gasteiger charge is 2.13. The van der Waals surface area contributed by atoms with Gasteiger partial charge in [-0.2, -0.15) is 0 Å². The highest BCUT2D eigenvalue weighted by atomic mass is 16.5. The molecule has 0 aliphatic carbocycles. The fourth-order valence-electron chi connectivity index (χ4n) is 3.76. The van der Waals surface area contributed by atoms with Gasteiger partial charge in [-0.3, -0.25) is 14.8 Å². The van der Waals surface area contributed by atoms with Crippen molar-refractivity contribution in [1.82, 2.24) is 19.7 Å². The molecular weight excluding hydrogens is 402 g/mol. The molecule has 0 fully saturated rings. The molecular formula is C25H21N5O2. The summed E-state index contributed by atoms with van der Waals surface area (Å²) in [6, 6.07) is 17.1. The third kappa shape index (κ3) is 3.54. The molecule has 0 radical (unpaired) electrons. The van der Waals surface area contributed by atoms with E-state index in [1.807, 2.05) is 62.4 Å². The molecule has 158 valence electrons. The normalized spacial score (nSPS) is 11.1. The Labute approximate surface area is 184 Å². The summed E-state index contributed by atoms with van der Waals surface area (Å²) in [6.07, 6.45) is 3.51. The molecule has 5 aromatic rings. The molecule has 0 amide bonds. The van der Waals surface area contributed by atoms with Gasteiger partial charge in [-0.15, -0.1) is 0 Å². The van der Waals surface area contributed by atoms with Crippen LogP contribution in [-0.4, -0.2) is 19.7 Å². The largest absolute Gasteiger partial charge is 0.352 e. The number of rotatable bonds is 4. The van der Waals surface area contributed by atoms with Gasteiger partial charge in [-0.05, 0) is 61.4 Å². The van der Waals surface area contributed by atoms with E-state index in [0.29, 0.717) is 22.8 Å². The number of nitrogens with one attached hydrogen (secondary N) is 1. The molecule has 0 atom stereocenters. The Bertz CT molecular complexity index is 1500. The maximum Gasteiger partial charge on any atom is 0.258 e. The smallest absolute Gasteiger partial charge is 0.258 e. The molecule has 0 aliphatic heterocycles. The average molecular weight is 423 g/mol. The molecule has 0 saturated carbocycles. The van der Waals surface area contributed by atoms with E-state index < -0.39 is 0 Å². The van der Waals surface area contributed by atoms with E-state index in [0.717, 1.165) is 33.4 Å². The van der Waals surface area contributed by atoms with Gasteiger partial charge in [0.05, 0.1) is 5.52 Å². The van der Waals surface area contributed by atoms with Gasteiger partial charge >= 0.3 is 0 Å². The molecule has 1 aromatic carbocycles. The summed E-state index contributed by atoms with van der Waals surface area (Å²) < 4.78 is 7.10. The summed E-state index contributed by atoms with van der Waals surface area (Å²) in [5, 5.41) is 8.27. The van der Waals surface area contributed by atoms with Crippen LogP contribution in [0.2, 0.25) is 0 Å². The van der Waals surface area contributed by atoms with Gasteiger partial charge in [0.25, 0.3) is 5.56 Å². The summed E-state index contributed by atoms with van der Waals surface area (Å²) in [5.41, 5.74) is 5.68. The standard InChI is InChI=1S/C25H21N5O2/c1-15-7-8-18(28-24-13-23(32-29-24)21-6-4-5-9-26-21)12-19(15)20-11-17-14-27-16(2)10-22(17)30(3)25(20)31/h4-14H,1-3H3,(H,28,29). The van der Waals surface area contributed by atoms with Crippen molar-refractivity contribution >= 4 is 22.4 Å². The Morgan fingerprint density at radius 2 is 1.84 bits per heavy atom. The first kappa shape index (κ1) is 19.7. The Balaban J connectivity index is 1.53. The van der Waals surface area contributed by atoms with Crippen LogP contribution in [0.4, 0.5) is 11.5 Å². The Kier molecular flexibility index (Phi) is 4.78. The van der Waals surface area contributed by atoms with Gasteiger partial charge < -0.3 is 14.4 Å². The number of benzene rings is 1. The number of hydrogen-bond acceptors (Lipinski definition) is 6. The van der Waals surface area contributed by atoms with Gasteiger partial charge in [-0.1, -0.05) is 17.3 Å². The fraction of sp³-hybridized carbons (Fsp3) is 0.120. The third-order valence-corrected chi connectivity index (χ3v) is 5.47. The molecule has 5 rings (SSSR count).